The van der Waals surface area contributed by atoms with Crippen molar-refractivity contribution in [3.8, 4) is 5.75 Å². The van der Waals surface area contributed by atoms with Gasteiger partial charge < -0.3 is 23.5 Å². The Morgan fingerprint density at radius 2 is 2.06 bits per heavy atom. The van der Waals surface area contributed by atoms with Crippen LogP contribution in [0, 0.1) is 6.92 Å². The maximum atomic E-state index is 6.53. The molecule has 1 aliphatic rings. The second-order valence-electron chi connectivity index (χ2n) is 8.10. The van der Waals surface area contributed by atoms with Crippen LogP contribution >= 0.6 is 0 Å². The fourth-order valence-electron chi connectivity index (χ4n) is 4.00. The zero-order valence-corrected chi connectivity index (χ0v) is 18.4. The summed E-state index contributed by atoms with van der Waals surface area (Å²) in [5.41, 5.74) is 3.52. The fraction of sp³-hybridized carbons (Fsp3) is 0.400. The average molecular weight is 423 g/mol. The van der Waals surface area contributed by atoms with Crippen molar-refractivity contribution in [2.75, 3.05) is 20.3 Å². The number of imidazole rings is 1. The van der Waals surface area contributed by atoms with Crippen LogP contribution in [-0.4, -0.2) is 41.8 Å². The minimum Gasteiger partial charge on any atom is -0.497 e. The summed E-state index contributed by atoms with van der Waals surface area (Å²) in [6.45, 7) is 6.30. The van der Waals surface area contributed by atoms with Crippen LogP contribution < -0.4 is 4.74 Å². The molecule has 31 heavy (non-hydrogen) atoms. The number of aryl methyl sites for hydroxylation is 1. The number of hydrogen-bond acceptors (Lipinski definition) is 5. The summed E-state index contributed by atoms with van der Waals surface area (Å²) in [7, 11) is 1.67. The molecule has 1 aromatic heterocycles. The van der Waals surface area contributed by atoms with E-state index < -0.39 is 5.79 Å². The van der Waals surface area contributed by atoms with E-state index >= 15 is 0 Å². The quantitative estimate of drug-likeness (QED) is 0.514. The van der Waals surface area contributed by atoms with Crippen LogP contribution in [0.4, 0.5) is 0 Å². The number of ether oxygens (including phenoxy) is 4. The summed E-state index contributed by atoms with van der Waals surface area (Å²) >= 11 is 0. The number of hydrogen-bond donors (Lipinski definition) is 0. The van der Waals surface area contributed by atoms with E-state index in [0.29, 0.717) is 26.4 Å². The van der Waals surface area contributed by atoms with Crippen LogP contribution in [0.5, 0.6) is 5.75 Å². The van der Waals surface area contributed by atoms with Gasteiger partial charge in [0.1, 0.15) is 11.9 Å². The lowest BCUT2D eigenvalue weighted by molar-refractivity contribution is -0.196. The Hall–Kier alpha value is -2.67. The Morgan fingerprint density at radius 1 is 1.23 bits per heavy atom. The SMILES string of the molecule is COc1ccc(C(C)C2(Cn3ccnc3)OCC(COCc3cccc(C)c3)O2)cc1. The number of benzene rings is 2. The van der Waals surface area contributed by atoms with E-state index in [-0.39, 0.29) is 12.0 Å². The molecule has 0 amide bonds. The molecule has 1 fully saturated rings. The molecule has 0 radical (unpaired) electrons. The highest BCUT2D eigenvalue weighted by Crippen LogP contribution is 2.39. The van der Waals surface area contributed by atoms with Gasteiger partial charge in [0.05, 0.1) is 39.8 Å². The zero-order chi connectivity index (χ0) is 21.7. The van der Waals surface area contributed by atoms with Gasteiger partial charge in [0.2, 0.25) is 0 Å². The van der Waals surface area contributed by atoms with Gasteiger partial charge in [-0.15, -0.1) is 0 Å². The molecule has 2 heterocycles. The standard InChI is InChI=1S/C25H30N2O4/c1-19-5-4-6-21(13-19)14-29-15-24-16-30-25(31-24,17-27-12-11-26-18-27)20(2)22-7-9-23(28-3)10-8-22/h4-13,18,20,24H,14-17H2,1-3H3. The van der Waals surface area contributed by atoms with Crippen molar-refractivity contribution in [2.24, 2.45) is 0 Å². The van der Waals surface area contributed by atoms with E-state index in [1.54, 1.807) is 19.6 Å². The van der Waals surface area contributed by atoms with E-state index in [9.17, 15) is 0 Å². The van der Waals surface area contributed by atoms with Crippen molar-refractivity contribution in [1.29, 1.82) is 0 Å². The molecule has 164 valence electrons. The average Bonchev–Trinajstić information content (AvgIpc) is 3.44. The maximum absolute atomic E-state index is 6.53. The topological polar surface area (TPSA) is 54.7 Å². The van der Waals surface area contributed by atoms with Crippen molar-refractivity contribution in [1.82, 2.24) is 9.55 Å². The lowest BCUT2D eigenvalue weighted by atomic mass is 9.91. The van der Waals surface area contributed by atoms with Crippen LogP contribution in [0.1, 0.15) is 29.5 Å². The minimum atomic E-state index is -0.799. The largest absolute Gasteiger partial charge is 0.497 e. The van der Waals surface area contributed by atoms with Gasteiger partial charge in [-0.1, -0.05) is 48.9 Å². The molecule has 6 heteroatoms. The molecule has 0 bridgehead atoms. The highest BCUT2D eigenvalue weighted by molar-refractivity contribution is 5.30. The Kier molecular flexibility index (Phi) is 6.70. The third kappa shape index (κ3) is 5.15. The highest BCUT2D eigenvalue weighted by atomic mass is 16.8. The lowest BCUT2D eigenvalue weighted by Gasteiger charge is -2.34. The normalized spacial score (nSPS) is 21.8. The van der Waals surface area contributed by atoms with Gasteiger partial charge in [0.15, 0.2) is 5.79 Å². The molecule has 2 aromatic carbocycles. The zero-order valence-electron chi connectivity index (χ0n) is 18.4. The molecule has 0 saturated carbocycles. The van der Waals surface area contributed by atoms with Crippen molar-refractivity contribution in [3.05, 3.63) is 83.9 Å². The predicted molar refractivity (Wildman–Crippen MR) is 118 cm³/mol. The second kappa shape index (κ2) is 9.64. The van der Waals surface area contributed by atoms with Crippen molar-refractivity contribution < 1.29 is 18.9 Å². The monoisotopic (exact) mass is 422 g/mol. The molecule has 0 N–H and O–H groups in total. The van der Waals surface area contributed by atoms with E-state index in [2.05, 4.69) is 55.2 Å². The van der Waals surface area contributed by atoms with Crippen LogP contribution in [0.15, 0.2) is 67.3 Å². The molecule has 0 aliphatic carbocycles. The summed E-state index contributed by atoms with van der Waals surface area (Å²) in [5, 5.41) is 0. The van der Waals surface area contributed by atoms with Crippen molar-refractivity contribution in [3.63, 3.8) is 0 Å². The Labute approximate surface area is 183 Å². The second-order valence-corrected chi connectivity index (χ2v) is 8.10. The smallest absolute Gasteiger partial charge is 0.193 e. The lowest BCUT2D eigenvalue weighted by Crippen LogP contribution is -2.41. The number of nitrogens with zero attached hydrogens (tertiary/aromatic N) is 2. The number of methoxy groups -OCH3 is 1. The first kappa shape index (κ1) is 21.6. The number of rotatable bonds is 9. The Bertz CT molecular complexity index is 958. The summed E-state index contributed by atoms with van der Waals surface area (Å²) in [4.78, 5) is 4.17. The van der Waals surface area contributed by atoms with Gasteiger partial charge in [0.25, 0.3) is 0 Å². The first-order chi connectivity index (χ1) is 15.1. The first-order valence-corrected chi connectivity index (χ1v) is 10.6. The van der Waals surface area contributed by atoms with E-state index in [0.717, 1.165) is 16.9 Å². The molecular weight excluding hydrogens is 392 g/mol. The molecular formula is C25H30N2O4. The molecule has 1 aliphatic heterocycles. The van der Waals surface area contributed by atoms with Crippen LogP contribution in [0.2, 0.25) is 0 Å². The maximum Gasteiger partial charge on any atom is 0.193 e. The molecule has 0 spiro atoms. The fourth-order valence-corrected chi connectivity index (χ4v) is 4.00. The Morgan fingerprint density at radius 3 is 2.77 bits per heavy atom. The van der Waals surface area contributed by atoms with Crippen LogP contribution in [0.3, 0.4) is 0 Å². The Balaban J connectivity index is 1.45. The summed E-state index contributed by atoms with van der Waals surface area (Å²) in [6.07, 6.45) is 5.35. The minimum absolute atomic E-state index is 0.00239. The van der Waals surface area contributed by atoms with Gasteiger partial charge in [-0.25, -0.2) is 4.98 Å². The third-order valence-corrected chi connectivity index (χ3v) is 5.77. The summed E-state index contributed by atoms with van der Waals surface area (Å²) < 4.78 is 26.1. The van der Waals surface area contributed by atoms with Crippen molar-refractivity contribution in [2.45, 2.75) is 44.8 Å². The van der Waals surface area contributed by atoms with E-state index in [1.807, 2.05) is 22.9 Å². The third-order valence-electron chi connectivity index (χ3n) is 5.77. The van der Waals surface area contributed by atoms with Crippen molar-refractivity contribution >= 4 is 0 Å². The van der Waals surface area contributed by atoms with Gasteiger partial charge in [0, 0.05) is 18.3 Å². The predicted octanol–water partition coefficient (Wildman–Crippen LogP) is 4.33. The summed E-state index contributed by atoms with van der Waals surface area (Å²) in [6, 6.07) is 16.4. The first-order valence-electron chi connectivity index (χ1n) is 10.6. The molecule has 1 saturated heterocycles. The van der Waals surface area contributed by atoms with Crippen LogP contribution in [0.25, 0.3) is 0 Å². The van der Waals surface area contributed by atoms with Gasteiger partial charge in [-0.05, 0) is 30.2 Å². The van der Waals surface area contributed by atoms with E-state index in [4.69, 9.17) is 18.9 Å². The molecule has 6 nitrogen and oxygen atoms in total. The van der Waals surface area contributed by atoms with Gasteiger partial charge in [-0.2, -0.15) is 0 Å². The van der Waals surface area contributed by atoms with Gasteiger partial charge >= 0.3 is 0 Å². The van der Waals surface area contributed by atoms with E-state index in [1.165, 1.54) is 5.56 Å². The molecule has 4 rings (SSSR count). The van der Waals surface area contributed by atoms with Crippen LogP contribution in [-0.2, 0) is 27.4 Å². The van der Waals surface area contributed by atoms with Gasteiger partial charge in [-0.3, -0.25) is 0 Å². The molecule has 3 unspecified atom stereocenters. The molecule has 3 aromatic rings. The number of aromatic nitrogens is 2. The highest BCUT2D eigenvalue weighted by Gasteiger charge is 2.47. The summed E-state index contributed by atoms with van der Waals surface area (Å²) in [5.74, 6) is 0.0324. The molecule has 3 atom stereocenters.